The molecular weight excluding hydrogens is 218 g/mol. The summed E-state index contributed by atoms with van der Waals surface area (Å²) in [7, 11) is 0. The van der Waals surface area contributed by atoms with Crippen LogP contribution in [0.3, 0.4) is 0 Å². The molecule has 1 fully saturated rings. The molecule has 1 aromatic heterocycles. The van der Waals surface area contributed by atoms with E-state index < -0.39 is 0 Å². The summed E-state index contributed by atoms with van der Waals surface area (Å²) in [5.41, 5.74) is 3.17. The smallest absolute Gasteiger partial charge is 0.151 e. The largest absolute Gasteiger partial charge is 0.347 e. The minimum absolute atomic E-state index is 0.425. The van der Waals surface area contributed by atoms with Crippen molar-refractivity contribution in [1.29, 1.82) is 0 Å². The predicted octanol–water partition coefficient (Wildman–Crippen LogP) is 3.20. The quantitative estimate of drug-likeness (QED) is 0.750. The van der Waals surface area contributed by atoms with Crippen molar-refractivity contribution in [2.24, 2.45) is 0 Å². The molecule has 88 valence electrons. The topological polar surface area (TPSA) is 22.0 Å². The zero-order valence-corrected chi connectivity index (χ0v) is 11.1. The molecule has 1 heterocycles. The number of carbonyl (C=O) groups excluding carboxylic acids is 1. The van der Waals surface area contributed by atoms with Gasteiger partial charge in [0.2, 0.25) is 0 Å². The SMILES string of the molecule is CSC1(Cn2c(C)cc(C=O)c2C)CCC1. The summed E-state index contributed by atoms with van der Waals surface area (Å²) < 4.78 is 2.73. The van der Waals surface area contributed by atoms with Crippen LogP contribution < -0.4 is 0 Å². The summed E-state index contributed by atoms with van der Waals surface area (Å²) in [4.78, 5) is 10.9. The molecule has 2 rings (SSSR count). The third-order valence-corrected chi connectivity index (χ3v) is 5.29. The molecule has 2 nitrogen and oxygen atoms in total. The molecule has 0 radical (unpaired) electrons. The number of hydrogen-bond donors (Lipinski definition) is 0. The summed E-state index contributed by atoms with van der Waals surface area (Å²) in [6, 6.07) is 2.00. The van der Waals surface area contributed by atoms with E-state index in [9.17, 15) is 4.79 Å². The molecule has 0 aliphatic heterocycles. The number of aromatic nitrogens is 1. The summed E-state index contributed by atoms with van der Waals surface area (Å²) in [5, 5.41) is 0. The molecule has 16 heavy (non-hydrogen) atoms. The van der Waals surface area contributed by atoms with Gasteiger partial charge in [-0.3, -0.25) is 4.79 Å². The van der Waals surface area contributed by atoms with Crippen LogP contribution in [0.2, 0.25) is 0 Å². The van der Waals surface area contributed by atoms with Crippen LogP contribution in [0.25, 0.3) is 0 Å². The maximum absolute atomic E-state index is 10.9. The van der Waals surface area contributed by atoms with Gasteiger partial charge in [0.05, 0.1) is 0 Å². The van der Waals surface area contributed by atoms with Gasteiger partial charge in [-0.25, -0.2) is 0 Å². The highest BCUT2D eigenvalue weighted by Gasteiger charge is 2.37. The molecule has 3 heteroatoms. The van der Waals surface area contributed by atoms with Crippen LogP contribution in [0.1, 0.15) is 41.0 Å². The maximum atomic E-state index is 10.9. The van der Waals surface area contributed by atoms with E-state index in [1.807, 2.05) is 24.8 Å². The monoisotopic (exact) mass is 237 g/mol. The predicted molar refractivity (Wildman–Crippen MR) is 69.4 cm³/mol. The van der Waals surface area contributed by atoms with Crippen molar-refractivity contribution < 1.29 is 4.79 Å². The van der Waals surface area contributed by atoms with Crippen LogP contribution in [0.15, 0.2) is 6.07 Å². The normalized spacial score (nSPS) is 18.2. The van der Waals surface area contributed by atoms with Crippen LogP contribution >= 0.6 is 11.8 Å². The molecule has 0 saturated heterocycles. The Balaban J connectivity index is 2.27. The van der Waals surface area contributed by atoms with E-state index >= 15 is 0 Å². The Morgan fingerprint density at radius 3 is 2.56 bits per heavy atom. The van der Waals surface area contributed by atoms with Gasteiger partial charge < -0.3 is 4.57 Å². The van der Waals surface area contributed by atoms with Crippen molar-refractivity contribution in [2.75, 3.05) is 6.26 Å². The van der Waals surface area contributed by atoms with Gasteiger partial charge in [-0.2, -0.15) is 11.8 Å². The van der Waals surface area contributed by atoms with E-state index in [-0.39, 0.29) is 0 Å². The van der Waals surface area contributed by atoms with Gasteiger partial charge in [0, 0.05) is 28.2 Å². The van der Waals surface area contributed by atoms with Crippen molar-refractivity contribution in [2.45, 2.75) is 44.4 Å². The zero-order chi connectivity index (χ0) is 11.8. The van der Waals surface area contributed by atoms with E-state index in [1.54, 1.807) is 0 Å². The van der Waals surface area contributed by atoms with E-state index in [0.29, 0.717) is 4.75 Å². The highest BCUT2D eigenvalue weighted by atomic mass is 32.2. The average Bonchev–Trinajstić information content (AvgIpc) is 2.49. The minimum Gasteiger partial charge on any atom is -0.347 e. The lowest BCUT2D eigenvalue weighted by Crippen LogP contribution is -2.38. The first-order valence-electron chi connectivity index (χ1n) is 5.79. The average molecular weight is 237 g/mol. The van der Waals surface area contributed by atoms with Gasteiger partial charge in [0.25, 0.3) is 0 Å². The third kappa shape index (κ3) is 1.81. The van der Waals surface area contributed by atoms with Gasteiger partial charge in [-0.15, -0.1) is 0 Å². The van der Waals surface area contributed by atoms with Crippen molar-refractivity contribution in [3.05, 3.63) is 23.0 Å². The van der Waals surface area contributed by atoms with E-state index in [0.717, 1.165) is 24.1 Å². The van der Waals surface area contributed by atoms with Crippen molar-refractivity contribution in [3.8, 4) is 0 Å². The van der Waals surface area contributed by atoms with Crippen molar-refractivity contribution >= 4 is 18.0 Å². The molecule has 0 spiro atoms. The lowest BCUT2D eigenvalue weighted by atomic mass is 9.84. The fourth-order valence-corrected chi connectivity index (χ4v) is 3.43. The second-order valence-corrected chi connectivity index (χ2v) is 6.05. The number of carbonyl (C=O) groups is 1. The molecule has 1 aliphatic carbocycles. The number of nitrogens with zero attached hydrogens (tertiary/aromatic N) is 1. The number of aryl methyl sites for hydroxylation is 1. The Hall–Kier alpha value is -0.700. The number of rotatable bonds is 4. The molecule has 0 N–H and O–H groups in total. The molecule has 0 bridgehead atoms. The van der Waals surface area contributed by atoms with Gasteiger partial charge in [-0.1, -0.05) is 6.42 Å². The first kappa shape index (κ1) is 11.8. The molecule has 1 aliphatic rings. The Morgan fingerprint density at radius 1 is 1.50 bits per heavy atom. The van der Waals surface area contributed by atoms with Gasteiger partial charge in [-0.05, 0) is 39.0 Å². The van der Waals surface area contributed by atoms with Gasteiger partial charge in [0.15, 0.2) is 6.29 Å². The second-order valence-electron chi connectivity index (χ2n) is 4.77. The van der Waals surface area contributed by atoms with Crippen LogP contribution in [0.5, 0.6) is 0 Å². The number of thioether (sulfide) groups is 1. The Kier molecular flexibility index (Phi) is 3.15. The minimum atomic E-state index is 0.425. The van der Waals surface area contributed by atoms with E-state index in [1.165, 1.54) is 25.0 Å². The van der Waals surface area contributed by atoms with E-state index in [2.05, 4.69) is 17.7 Å². The van der Waals surface area contributed by atoms with Gasteiger partial charge >= 0.3 is 0 Å². The van der Waals surface area contributed by atoms with E-state index in [4.69, 9.17) is 0 Å². The maximum Gasteiger partial charge on any atom is 0.151 e. The first-order chi connectivity index (χ1) is 7.62. The Bertz CT molecular complexity index is 399. The molecule has 0 unspecified atom stereocenters. The van der Waals surface area contributed by atoms with Crippen LogP contribution in [0, 0.1) is 13.8 Å². The standard InChI is InChI=1S/C13H19NOS/c1-10-7-12(8-15)11(2)14(10)9-13(16-3)5-4-6-13/h7-8H,4-6,9H2,1-3H3. The van der Waals surface area contributed by atoms with Crippen LogP contribution in [-0.4, -0.2) is 21.9 Å². The highest BCUT2D eigenvalue weighted by molar-refractivity contribution is 8.00. The second kappa shape index (κ2) is 4.28. The lowest BCUT2D eigenvalue weighted by Gasteiger charge is -2.41. The number of hydrogen-bond acceptors (Lipinski definition) is 2. The van der Waals surface area contributed by atoms with Gasteiger partial charge in [0.1, 0.15) is 0 Å². The third-order valence-electron chi connectivity index (χ3n) is 3.88. The van der Waals surface area contributed by atoms with Crippen LogP contribution in [0.4, 0.5) is 0 Å². The molecule has 1 aromatic rings. The molecule has 1 saturated carbocycles. The van der Waals surface area contributed by atoms with Crippen molar-refractivity contribution in [3.63, 3.8) is 0 Å². The summed E-state index contributed by atoms with van der Waals surface area (Å²) in [6.45, 7) is 5.19. The molecular formula is C13H19NOS. The highest BCUT2D eigenvalue weighted by Crippen LogP contribution is 2.44. The Morgan fingerprint density at radius 2 is 2.19 bits per heavy atom. The number of aldehydes is 1. The fraction of sp³-hybridized carbons (Fsp3) is 0.615. The molecule has 0 atom stereocenters. The molecule has 0 aromatic carbocycles. The van der Waals surface area contributed by atoms with Crippen LogP contribution in [-0.2, 0) is 6.54 Å². The zero-order valence-electron chi connectivity index (χ0n) is 10.2. The fourth-order valence-electron chi connectivity index (χ4n) is 2.48. The summed E-state index contributed by atoms with van der Waals surface area (Å²) in [6.07, 6.45) is 7.13. The first-order valence-corrected chi connectivity index (χ1v) is 7.01. The lowest BCUT2D eigenvalue weighted by molar-refractivity contribution is 0.112. The molecule has 0 amide bonds. The summed E-state index contributed by atoms with van der Waals surface area (Å²) >= 11 is 1.98. The van der Waals surface area contributed by atoms with Crippen molar-refractivity contribution in [1.82, 2.24) is 4.57 Å². The Labute approximate surface area is 101 Å². The summed E-state index contributed by atoms with van der Waals surface area (Å²) in [5.74, 6) is 0.